The first-order valence-electron chi connectivity index (χ1n) is 13.4. The number of rotatable bonds is 10. The number of benzene rings is 1. The lowest BCUT2D eigenvalue weighted by atomic mass is 9.87. The van der Waals surface area contributed by atoms with Crippen molar-refractivity contribution in [2.45, 2.75) is 57.7 Å². The van der Waals surface area contributed by atoms with Crippen molar-refractivity contribution in [3.8, 4) is 28.8 Å². The molecule has 2 aromatic heterocycles. The third kappa shape index (κ3) is 6.31. The van der Waals surface area contributed by atoms with Gasteiger partial charge in [0.15, 0.2) is 5.78 Å². The maximum Gasteiger partial charge on any atom is 0.257 e. The average Bonchev–Trinajstić information content (AvgIpc) is 3.25. The number of ether oxygens (including phenoxy) is 2. The minimum absolute atomic E-state index is 0.111. The standard InChI is InChI=1S/C31H37FN4O3/c1-6-28(32)39-27-17-22(24-19-34-29-18-23(12-15-36(24)29)31(2,3)20-33)16-26(38-5)30(27)25(37)10-9-21-8-7-13-35(4)14-11-21/h6,12,15-19,21,28H,1,7-11,13-14H2,2-5H3. The van der Waals surface area contributed by atoms with E-state index in [1.165, 1.54) is 7.11 Å². The topological polar surface area (TPSA) is 79.9 Å². The quantitative estimate of drug-likeness (QED) is 0.223. The molecule has 7 nitrogen and oxygen atoms in total. The van der Waals surface area contributed by atoms with Crippen LogP contribution in [0.3, 0.4) is 0 Å². The number of methoxy groups -OCH3 is 1. The Labute approximate surface area is 229 Å². The molecule has 1 saturated heterocycles. The molecule has 0 aliphatic carbocycles. The smallest absolute Gasteiger partial charge is 0.257 e. The van der Waals surface area contributed by atoms with Crippen molar-refractivity contribution in [1.29, 1.82) is 5.26 Å². The van der Waals surface area contributed by atoms with Gasteiger partial charge in [-0.2, -0.15) is 9.65 Å². The van der Waals surface area contributed by atoms with Gasteiger partial charge in [-0.15, -0.1) is 0 Å². The molecule has 0 N–H and O–H groups in total. The summed E-state index contributed by atoms with van der Waals surface area (Å²) < 4.78 is 27.5. The molecule has 3 aromatic rings. The fourth-order valence-electron chi connectivity index (χ4n) is 5.14. The summed E-state index contributed by atoms with van der Waals surface area (Å²) in [5.74, 6) is 0.773. The van der Waals surface area contributed by atoms with Gasteiger partial charge in [0.05, 0.1) is 30.5 Å². The van der Waals surface area contributed by atoms with Gasteiger partial charge in [-0.25, -0.2) is 4.98 Å². The number of nitrogens with zero attached hydrogens (tertiary/aromatic N) is 4. The molecular formula is C31H37FN4O3. The number of nitriles is 1. The summed E-state index contributed by atoms with van der Waals surface area (Å²) in [6.45, 7) is 9.30. The maximum absolute atomic E-state index is 14.4. The summed E-state index contributed by atoms with van der Waals surface area (Å²) in [6.07, 6.45) is 7.19. The molecule has 0 spiro atoms. The van der Waals surface area contributed by atoms with Crippen molar-refractivity contribution in [3.05, 3.63) is 60.4 Å². The Kier molecular flexibility index (Phi) is 8.71. The summed E-state index contributed by atoms with van der Waals surface area (Å²) in [4.78, 5) is 20.4. The Morgan fingerprint density at radius 2 is 2.08 bits per heavy atom. The molecule has 206 valence electrons. The van der Waals surface area contributed by atoms with Crippen LogP contribution in [0.25, 0.3) is 16.9 Å². The molecule has 39 heavy (non-hydrogen) atoms. The van der Waals surface area contributed by atoms with E-state index in [1.54, 1.807) is 18.3 Å². The first-order chi connectivity index (χ1) is 18.7. The highest BCUT2D eigenvalue weighted by molar-refractivity contribution is 6.02. The fourth-order valence-corrected chi connectivity index (χ4v) is 5.14. The predicted octanol–water partition coefficient (Wildman–Crippen LogP) is 6.37. The molecule has 2 atom stereocenters. The molecule has 4 rings (SSSR count). The largest absolute Gasteiger partial charge is 0.496 e. The third-order valence-corrected chi connectivity index (χ3v) is 7.65. The highest BCUT2D eigenvalue weighted by Gasteiger charge is 2.25. The van der Waals surface area contributed by atoms with Crippen LogP contribution < -0.4 is 9.47 Å². The van der Waals surface area contributed by atoms with Crippen LogP contribution in [-0.4, -0.2) is 53.7 Å². The lowest BCUT2D eigenvalue weighted by Gasteiger charge is -2.19. The predicted molar refractivity (Wildman–Crippen MR) is 150 cm³/mol. The number of halogens is 1. The number of alkyl halides is 1. The molecule has 1 aromatic carbocycles. The highest BCUT2D eigenvalue weighted by Crippen LogP contribution is 2.38. The molecule has 0 saturated carbocycles. The van der Waals surface area contributed by atoms with Gasteiger partial charge in [0, 0.05) is 18.2 Å². The number of imidazole rings is 1. The van der Waals surface area contributed by atoms with E-state index in [4.69, 9.17) is 9.47 Å². The molecule has 8 heteroatoms. The van der Waals surface area contributed by atoms with Gasteiger partial charge >= 0.3 is 0 Å². The molecule has 1 fully saturated rings. The fraction of sp³-hybridized carbons (Fsp3) is 0.452. The molecule has 3 heterocycles. The zero-order valence-corrected chi connectivity index (χ0v) is 23.2. The summed E-state index contributed by atoms with van der Waals surface area (Å²) in [5.41, 5.74) is 2.46. The van der Waals surface area contributed by atoms with Crippen LogP contribution in [0.2, 0.25) is 0 Å². The van der Waals surface area contributed by atoms with Crippen LogP contribution in [0.1, 0.15) is 61.9 Å². The minimum atomic E-state index is -1.79. The number of carbonyl (C=O) groups excluding carboxylic acids is 1. The second-order valence-electron chi connectivity index (χ2n) is 10.8. The summed E-state index contributed by atoms with van der Waals surface area (Å²) in [6, 6.07) is 9.49. The van der Waals surface area contributed by atoms with Gasteiger partial charge in [0.1, 0.15) is 22.7 Å². The van der Waals surface area contributed by atoms with Gasteiger partial charge in [0.2, 0.25) is 0 Å². The zero-order chi connectivity index (χ0) is 28.2. The third-order valence-electron chi connectivity index (χ3n) is 7.65. The monoisotopic (exact) mass is 532 g/mol. The minimum Gasteiger partial charge on any atom is -0.496 e. The number of aromatic nitrogens is 2. The van der Waals surface area contributed by atoms with E-state index in [0.717, 1.165) is 50.4 Å². The van der Waals surface area contributed by atoms with E-state index in [-0.39, 0.29) is 17.1 Å². The Balaban J connectivity index is 1.69. The number of likely N-dealkylation sites (tertiary alicyclic amines) is 1. The normalized spacial score (nSPS) is 17.3. The number of hydrogen-bond donors (Lipinski definition) is 0. The summed E-state index contributed by atoms with van der Waals surface area (Å²) in [5, 5.41) is 9.52. The number of hydrogen-bond acceptors (Lipinski definition) is 6. The molecule has 0 radical (unpaired) electrons. The molecule has 1 aliphatic rings. The van der Waals surface area contributed by atoms with Crippen LogP contribution in [0, 0.1) is 17.2 Å². The van der Waals surface area contributed by atoms with Crippen LogP contribution in [0.5, 0.6) is 11.5 Å². The van der Waals surface area contributed by atoms with Crippen molar-refractivity contribution in [1.82, 2.24) is 14.3 Å². The van der Waals surface area contributed by atoms with Crippen molar-refractivity contribution in [2.24, 2.45) is 5.92 Å². The molecule has 0 bridgehead atoms. The number of Topliss-reactive ketones (excluding diaryl/α,β-unsaturated/α-hetero) is 1. The van der Waals surface area contributed by atoms with E-state index in [9.17, 15) is 14.4 Å². The Hall–Kier alpha value is -3.70. The van der Waals surface area contributed by atoms with Crippen molar-refractivity contribution in [3.63, 3.8) is 0 Å². The summed E-state index contributed by atoms with van der Waals surface area (Å²) in [7, 11) is 3.62. The van der Waals surface area contributed by atoms with E-state index in [0.29, 0.717) is 35.0 Å². The lowest BCUT2D eigenvalue weighted by Crippen LogP contribution is -2.19. The zero-order valence-electron chi connectivity index (χ0n) is 23.2. The SMILES string of the molecule is C=CC(F)Oc1cc(-c2cnc3cc(C(C)(C)C#N)ccn23)cc(OC)c1C(=O)CCC1CCCN(C)CC1. The molecule has 2 unspecified atom stereocenters. The molecular weight excluding hydrogens is 495 g/mol. The number of pyridine rings is 1. The maximum atomic E-state index is 14.4. The van der Waals surface area contributed by atoms with Crippen molar-refractivity contribution < 1.29 is 18.7 Å². The lowest BCUT2D eigenvalue weighted by molar-refractivity contribution is 0.0935. The van der Waals surface area contributed by atoms with E-state index >= 15 is 0 Å². The van der Waals surface area contributed by atoms with Gasteiger partial charge < -0.3 is 14.4 Å². The van der Waals surface area contributed by atoms with Crippen LogP contribution in [0.4, 0.5) is 4.39 Å². The number of fused-ring (bicyclic) bond motifs is 1. The van der Waals surface area contributed by atoms with Crippen molar-refractivity contribution in [2.75, 3.05) is 27.2 Å². The van der Waals surface area contributed by atoms with Gasteiger partial charge in [-0.05, 0) is 101 Å². The number of carbonyl (C=O) groups is 1. The highest BCUT2D eigenvalue weighted by atomic mass is 19.1. The van der Waals surface area contributed by atoms with Gasteiger partial charge in [-0.3, -0.25) is 9.20 Å². The van der Waals surface area contributed by atoms with E-state index in [1.807, 2.05) is 36.6 Å². The van der Waals surface area contributed by atoms with Crippen LogP contribution in [-0.2, 0) is 5.41 Å². The van der Waals surface area contributed by atoms with Crippen LogP contribution >= 0.6 is 0 Å². The van der Waals surface area contributed by atoms with E-state index < -0.39 is 11.8 Å². The first kappa shape index (κ1) is 28.3. The average molecular weight is 533 g/mol. The Bertz CT molecular complexity index is 1390. The molecule has 1 aliphatic heterocycles. The Morgan fingerprint density at radius 3 is 2.79 bits per heavy atom. The number of ketones is 1. The second-order valence-corrected chi connectivity index (χ2v) is 10.8. The van der Waals surface area contributed by atoms with Gasteiger partial charge in [-0.1, -0.05) is 6.58 Å². The van der Waals surface area contributed by atoms with E-state index in [2.05, 4.69) is 29.6 Å². The second kappa shape index (κ2) is 12.0. The first-order valence-corrected chi connectivity index (χ1v) is 13.4. The molecule has 0 amide bonds. The summed E-state index contributed by atoms with van der Waals surface area (Å²) >= 11 is 0. The Morgan fingerprint density at radius 1 is 1.31 bits per heavy atom. The van der Waals surface area contributed by atoms with Crippen molar-refractivity contribution >= 4 is 11.4 Å². The van der Waals surface area contributed by atoms with Crippen LogP contribution in [0.15, 0.2) is 49.3 Å². The van der Waals surface area contributed by atoms with Gasteiger partial charge in [0.25, 0.3) is 6.36 Å².